The minimum atomic E-state index is -0.509. The molecule has 7 heteroatoms. The molecule has 1 N–H and O–H groups in total. The van der Waals surface area contributed by atoms with Gasteiger partial charge in [0.05, 0.1) is 13.0 Å². The fourth-order valence-corrected chi connectivity index (χ4v) is 3.93. The molecule has 2 amide bonds. The van der Waals surface area contributed by atoms with E-state index >= 15 is 0 Å². The fourth-order valence-electron chi connectivity index (χ4n) is 2.75. The third kappa shape index (κ3) is 4.74. The van der Waals surface area contributed by atoms with Crippen LogP contribution in [0.4, 0.5) is 5.69 Å². The number of carbonyl (C=O) groups excluding carboxylic acids is 2. The SMILES string of the molecule is COc1ccc(NC(=O)C2CSCN2C(=O)COc2ccccc2C)cc1. The topological polar surface area (TPSA) is 67.9 Å². The molecule has 1 fully saturated rings. The zero-order valence-electron chi connectivity index (χ0n) is 15.3. The number of ether oxygens (including phenoxy) is 2. The Labute approximate surface area is 162 Å². The number of para-hydroxylation sites is 1. The zero-order valence-corrected chi connectivity index (χ0v) is 16.1. The minimum absolute atomic E-state index is 0.0856. The van der Waals surface area contributed by atoms with Crippen LogP contribution in [0.2, 0.25) is 0 Å². The number of hydrogen-bond donors (Lipinski definition) is 1. The number of amides is 2. The maximum atomic E-state index is 12.6. The summed E-state index contributed by atoms with van der Waals surface area (Å²) < 4.78 is 10.7. The van der Waals surface area contributed by atoms with E-state index in [0.717, 1.165) is 11.3 Å². The highest BCUT2D eigenvalue weighted by Gasteiger charge is 2.34. The highest BCUT2D eigenvalue weighted by Crippen LogP contribution is 2.24. The van der Waals surface area contributed by atoms with Crippen molar-refractivity contribution >= 4 is 29.3 Å². The Bertz CT molecular complexity index is 810. The Morgan fingerprint density at radius 2 is 1.93 bits per heavy atom. The van der Waals surface area contributed by atoms with Gasteiger partial charge in [-0.3, -0.25) is 9.59 Å². The molecule has 1 aliphatic rings. The number of rotatable bonds is 6. The average Bonchev–Trinajstić information content (AvgIpc) is 3.18. The summed E-state index contributed by atoms with van der Waals surface area (Å²) in [6.07, 6.45) is 0. The first-order chi connectivity index (χ1) is 13.1. The molecule has 0 bridgehead atoms. The first kappa shape index (κ1) is 19.1. The predicted molar refractivity (Wildman–Crippen MR) is 106 cm³/mol. The molecule has 2 aromatic rings. The van der Waals surface area contributed by atoms with E-state index in [-0.39, 0.29) is 18.4 Å². The molecule has 1 aliphatic heterocycles. The van der Waals surface area contributed by atoms with E-state index in [0.29, 0.717) is 23.1 Å². The van der Waals surface area contributed by atoms with E-state index in [1.54, 1.807) is 48.0 Å². The number of thioether (sulfide) groups is 1. The summed E-state index contributed by atoms with van der Waals surface area (Å²) in [4.78, 5) is 26.8. The van der Waals surface area contributed by atoms with Crippen LogP contribution >= 0.6 is 11.8 Å². The van der Waals surface area contributed by atoms with Gasteiger partial charge < -0.3 is 19.7 Å². The maximum Gasteiger partial charge on any atom is 0.261 e. The second kappa shape index (κ2) is 8.81. The Morgan fingerprint density at radius 1 is 1.19 bits per heavy atom. The van der Waals surface area contributed by atoms with Gasteiger partial charge in [-0.1, -0.05) is 18.2 Å². The van der Waals surface area contributed by atoms with Crippen molar-refractivity contribution in [1.82, 2.24) is 4.90 Å². The van der Waals surface area contributed by atoms with Crippen LogP contribution in [0, 0.1) is 6.92 Å². The molecule has 0 aromatic heterocycles. The van der Waals surface area contributed by atoms with Gasteiger partial charge in [0.15, 0.2) is 6.61 Å². The van der Waals surface area contributed by atoms with Gasteiger partial charge in [0.2, 0.25) is 5.91 Å². The van der Waals surface area contributed by atoms with Crippen molar-refractivity contribution < 1.29 is 19.1 Å². The van der Waals surface area contributed by atoms with E-state index in [1.165, 1.54) is 0 Å². The van der Waals surface area contributed by atoms with Crippen LogP contribution in [0.15, 0.2) is 48.5 Å². The van der Waals surface area contributed by atoms with Gasteiger partial charge in [-0.25, -0.2) is 0 Å². The molecule has 1 saturated heterocycles. The van der Waals surface area contributed by atoms with Crippen LogP contribution in [0.3, 0.4) is 0 Å². The van der Waals surface area contributed by atoms with Crippen LogP contribution < -0.4 is 14.8 Å². The summed E-state index contributed by atoms with van der Waals surface area (Å²) in [6.45, 7) is 1.84. The van der Waals surface area contributed by atoms with Gasteiger partial charge in [0.1, 0.15) is 17.5 Å². The van der Waals surface area contributed by atoms with E-state index < -0.39 is 6.04 Å². The van der Waals surface area contributed by atoms with Gasteiger partial charge in [-0.2, -0.15) is 0 Å². The lowest BCUT2D eigenvalue weighted by atomic mass is 10.2. The number of benzene rings is 2. The first-order valence-electron chi connectivity index (χ1n) is 8.59. The molecule has 0 saturated carbocycles. The van der Waals surface area contributed by atoms with Crippen molar-refractivity contribution in [2.45, 2.75) is 13.0 Å². The molecule has 3 rings (SSSR count). The smallest absolute Gasteiger partial charge is 0.261 e. The van der Waals surface area contributed by atoms with Gasteiger partial charge in [-0.15, -0.1) is 11.8 Å². The summed E-state index contributed by atoms with van der Waals surface area (Å²) in [5.41, 5.74) is 1.64. The Hall–Kier alpha value is -2.67. The lowest BCUT2D eigenvalue weighted by Gasteiger charge is -2.23. The number of hydrogen-bond acceptors (Lipinski definition) is 5. The number of carbonyl (C=O) groups is 2. The average molecular weight is 386 g/mol. The van der Waals surface area contributed by atoms with Crippen LogP contribution in [0.1, 0.15) is 5.56 Å². The van der Waals surface area contributed by atoms with Crippen LogP contribution in [0.5, 0.6) is 11.5 Å². The number of nitrogens with zero attached hydrogens (tertiary/aromatic N) is 1. The lowest BCUT2D eigenvalue weighted by Crippen LogP contribution is -2.46. The van der Waals surface area contributed by atoms with Crippen molar-refractivity contribution in [3.05, 3.63) is 54.1 Å². The molecular weight excluding hydrogens is 364 g/mol. The standard InChI is InChI=1S/C20H22N2O4S/c1-14-5-3-4-6-18(14)26-11-19(23)22-13-27-12-17(22)20(24)21-15-7-9-16(25-2)10-8-15/h3-10,17H,11-13H2,1-2H3,(H,21,24). The molecule has 6 nitrogen and oxygen atoms in total. The van der Waals surface area contributed by atoms with Crippen molar-refractivity contribution in [1.29, 1.82) is 0 Å². The van der Waals surface area contributed by atoms with Crippen molar-refractivity contribution in [3.8, 4) is 11.5 Å². The molecular formula is C20H22N2O4S. The second-order valence-electron chi connectivity index (χ2n) is 6.15. The van der Waals surface area contributed by atoms with Crippen molar-refractivity contribution in [2.75, 3.05) is 30.7 Å². The van der Waals surface area contributed by atoms with E-state index in [2.05, 4.69) is 5.32 Å². The fraction of sp³-hybridized carbons (Fsp3) is 0.300. The normalized spacial score (nSPS) is 16.1. The monoisotopic (exact) mass is 386 g/mol. The molecule has 2 aromatic carbocycles. The number of aryl methyl sites for hydroxylation is 1. The molecule has 142 valence electrons. The second-order valence-corrected chi connectivity index (χ2v) is 7.15. The van der Waals surface area contributed by atoms with E-state index in [1.807, 2.05) is 31.2 Å². The van der Waals surface area contributed by atoms with Gasteiger partial charge >= 0.3 is 0 Å². The summed E-state index contributed by atoms with van der Waals surface area (Å²) in [5.74, 6) is 2.05. The molecule has 27 heavy (non-hydrogen) atoms. The summed E-state index contributed by atoms with van der Waals surface area (Å²) in [6, 6.07) is 14.1. The van der Waals surface area contributed by atoms with Gasteiger partial charge in [0.25, 0.3) is 5.91 Å². The first-order valence-corrected chi connectivity index (χ1v) is 9.74. The predicted octanol–water partition coefficient (Wildman–Crippen LogP) is 2.92. The summed E-state index contributed by atoms with van der Waals surface area (Å²) >= 11 is 1.56. The van der Waals surface area contributed by atoms with Gasteiger partial charge in [0, 0.05) is 11.4 Å². The molecule has 0 spiro atoms. The largest absolute Gasteiger partial charge is 0.497 e. The Balaban J connectivity index is 1.59. The third-order valence-electron chi connectivity index (χ3n) is 4.31. The summed E-state index contributed by atoms with van der Waals surface area (Å²) in [7, 11) is 1.59. The minimum Gasteiger partial charge on any atom is -0.497 e. The quantitative estimate of drug-likeness (QED) is 0.827. The van der Waals surface area contributed by atoms with Crippen molar-refractivity contribution in [2.24, 2.45) is 0 Å². The summed E-state index contributed by atoms with van der Waals surface area (Å²) in [5, 5.41) is 2.86. The Kier molecular flexibility index (Phi) is 6.24. The molecule has 0 radical (unpaired) electrons. The highest BCUT2D eigenvalue weighted by atomic mass is 32.2. The third-order valence-corrected chi connectivity index (χ3v) is 5.32. The van der Waals surface area contributed by atoms with E-state index in [4.69, 9.17) is 9.47 Å². The molecule has 0 aliphatic carbocycles. The van der Waals surface area contributed by atoms with Crippen LogP contribution in [-0.2, 0) is 9.59 Å². The molecule has 1 atom stereocenters. The molecule has 1 unspecified atom stereocenters. The number of methoxy groups -OCH3 is 1. The highest BCUT2D eigenvalue weighted by molar-refractivity contribution is 7.99. The number of nitrogens with one attached hydrogen (secondary N) is 1. The van der Waals surface area contributed by atoms with Crippen LogP contribution in [-0.4, -0.2) is 48.1 Å². The maximum absolute atomic E-state index is 12.6. The van der Waals surface area contributed by atoms with Gasteiger partial charge in [-0.05, 0) is 42.8 Å². The number of anilines is 1. The zero-order chi connectivity index (χ0) is 19.2. The van der Waals surface area contributed by atoms with E-state index in [9.17, 15) is 9.59 Å². The lowest BCUT2D eigenvalue weighted by molar-refractivity contribution is -0.137. The molecule has 1 heterocycles. The Morgan fingerprint density at radius 3 is 2.63 bits per heavy atom. The van der Waals surface area contributed by atoms with Crippen LogP contribution in [0.25, 0.3) is 0 Å². The van der Waals surface area contributed by atoms with Crippen molar-refractivity contribution in [3.63, 3.8) is 0 Å².